The first-order chi connectivity index (χ1) is 11.9. The third-order valence-corrected chi connectivity index (χ3v) is 3.77. The van der Waals surface area contributed by atoms with Crippen LogP contribution in [-0.4, -0.2) is 73.5 Å². The van der Waals surface area contributed by atoms with E-state index in [1.807, 2.05) is 6.07 Å². The third kappa shape index (κ3) is 5.12. The standard InChI is InChI=1S/C14H21N5O5S/c1-7(8-4-2-3-5-15-8)16-18-14(25)19-17-13-12(23)11(22)10(21)9(6-20)24-13/h2-5,9-13,17,20-23H,6H2,1H3,(H2,18,19,25)/b16-7+/t9-,10-,11+,12-,13-/m1/s1. The molecule has 0 radical (unpaired) electrons. The Morgan fingerprint density at radius 2 is 2.04 bits per heavy atom. The second-order valence-corrected chi connectivity index (χ2v) is 5.78. The summed E-state index contributed by atoms with van der Waals surface area (Å²) >= 11 is 5.03. The van der Waals surface area contributed by atoms with Crippen molar-refractivity contribution in [3.8, 4) is 0 Å². The van der Waals surface area contributed by atoms with Gasteiger partial charge in [0.2, 0.25) is 5.11 Å². The maximum atomic E-state index is 9.88. The molecular formula is C14H21N5O5S. The minimum atomic E-state index is -1.48. The van der Waals surface area contributed by atoms with Crippen molar-refractivity contribution in [3.05, 3.63) is 30.1 Å². The molecule has 7 N–H and O–H groups in total. The molecule has 0 unspecified atom stereocenters. The molecule has 0 amide bonds. The third-order valence-electron chi connectivity index (χ3n) is 3.58. The first-order valence-corrected chi connectivity index (χ1v) is 7.92. The highest BCUT2D eigenvalue weighted by molar-refractivity contribution is 7.80. The summed E-state index contributed by atoms with van der Waals surface area (Å²) < 4.78 is 5.26. The molecule has 138 valence electrons. The van der Waals surface area contributed by atoms with Gasteiger partial charge in [0.25, 0.3) is 0 Å². The number of hydrogen-bond acceptors (Lipinski definition) is 9. The summed E-state index contributed by atoms with van der Waals surface area (Å²) in [4.78, 5) is 4.14. The smallest absolute Gasteiger partial charge is 0.201 e. The number of aliphatic hydroxyl groups is 4. The van der Waals surface area contributed by atoms with Crippen molar-refractivity contribution >= 4 is 23.0 Å². The summed E-state index contributed by atoms with van der Waals surface area (Å²) in [6.45, 7) is 1.24. The molecule has 10 nitrogen and oxygen atoms in total. The van der Waals surface area contributed by atoms with E-state index in [0.29, 0.717) is 11.4 Å². The zero-order chi connectivity index (χ0) is 18.4. The fraction of sp³-hybridized carbons (Fsp3) is 0.500. The van der Waals surface area contributed by atoms with Crippen LogP contribution in [0.1, 0.15) is 12.6 Å². The van der Waals surface area contributed by atoms with Crippen LogP contribution in [-0.2, 0) is 4.74 Å². The van der Waals surface area contributed by atoms with Gasteiger partial charge in [-0.25, -0.2) is 5.43 Å². The summed E-state index contributed by atoms with van der Waals surface area (Å²) in [6.07, 6.45) is -4.79. The maximum absolute atomic E-state index is 9.88. The summed E-state index contributed by atoms with van der Waals surface area (Å²) in [5, 5.41) is 42.5. The van der Waals surface area contributed by atoms with Gasteiger partial charge in [0.05, 0.1) is 18.0 Å². The van der Waals surface area contributed by atoms with Gasteiger partial charge in [-0.2, -0.15) is 5.10 Å². The monoisotopic (exact) mass is 371 g/mol. The van der Waals surface area contributed by atoms with Crippen molar-refractivity contribution in [3.63, 3.8) is 0 Å². The first kappa shape index (κ1) is 19.6. The van der Waals surface area contributed by atoms with E-state index in [0.717, 1.165) is 0 Å². The molecule has 0 aliphatic carbocycles. The highest BCUT2D eigenvalue weighted by Crippen LogP contribution is 2.19. The van der Waals surface area contributed by atoms with Gasteiger partial charge in [-0.05, 0) is 31.3 Å². The lowest BCUT2D eigenvalue weighted by Crippen LogP contribution is -2.65. The second-order valence-electron chi connectivity index (χ2n) is 5.37. The Kier molecular flexibility index (Phi) is 7.13. The Hall–Kier alpha value is -1.73. The van der Waals surface area contributed by atoms with E-state index in [1.165, 1.54) is 0 Å². The van der Waals surface area contributed by atoms with Crippen molar-refractivity contribution in [1.29, 1.82) is 0 Å². The summed E-state index contributed by atoms with van der Waals surface area (Å²) in [7, 11) is 0. The molecule has 1 aromatic heterocycles. The highest BCUT2D eigenvalue weighted by Gasteiger charge is 2.43. The van der Waals surface area contributed by atoms with E-state index in [1.54, 1.807) is 25.3 Å². The Bertz CT molecular complexity index is 603. The molecule has 5 atom stereocenters. The molecule has 1 aliphatic rings. The van der Waals surface area contributed by atoms with Crippen LogP contribution in [0.4, 0.5) is 0 Å². The molecular weight excluding hydrogens is 350 g/mol. The highest BCUT2D eigenvalue weighted by atomic mass is 32.1. The first-order valence-electron chi connectivity index (χ1n) is 7.51. The van der Waals surface area contributed by atoms with Crippen molar-refractivity contribution in [2.45, 2.75) is 37.6 Å². The lowest BCUT2D eigenvalue weighted by molar-refractivity contribution is -0.238. The number of hydrogen-bond donors (Lipinski definition) is 7. The number of hydrazine groups is 1. The predicted octanol–water partition coefficient (Wildman–Crippen LogP) is -2.43. The molecule has 0 bridgehead atoms. The zero-order valence-electron chi connectivity index (χ0n) is 13.4. The van der Waals surface area contributed by atoms with Gasteiger partial charge < -0.3 is 25.2 Å². The normalized spacial score (nSPS) is 30.0. The zero-order valence-corrected chi connectivity index (χ0v) is 14.2. The summed E-state index contributed by atoms with van der Waals surface area (Å²) in [5.41, 5.74) is 8.99. The van der Waals surface area contributed by atoms with E-state index in [-0.39, 0.29) is 5.11 Å². The SMILES string of the molecule is C/C(=N\NC(=S)NN[C@@H]1O[C@H](CO)[C@@H](O)[C@H](O)[C@H]1O)c1ccccn1. The van der Waals surface area contributed by atoms with E-state index in [9.17, 15) is 15.3 Å². The number of nitrogens with zero attached hydrogens (tertiary/aromatic N) is 2. The number of hydrazone groups is 1. The second kappa shape index (κ2) is 9.10. The van der Waals surface area contributed by atoms with Crippen molar-refractivity contribution in [1.82, 2.24) is 21.3 Å². The molecule has 2 heterocycles. The lowest BCUT2D eigenvalue weighted by Gasteiger charge is -2.40. The number of pyridine rings is 1. The molecule has 1 fully saturated rings. The number of aliphatic hydroxyl groups excluding tert-OH is 4. The quantitative estimate of drug-likeness (QED) is 0.169. The van der Waals surface area contributed by atoms with E-state index >= 15 is 0 Å². The van der Waals surface area contributed by atoms with E-state index in [2.05, 4.69) is 26.4 Å². The van der Waals surface area contributed by atoms with Gasteiger partial charge in [-0.1, -0.05) is 6.07 Å². The maximum Gasteiger partial charge on any atom is 0.201 e. The molecule has 11 heteroatoms. The number of aromatic nitrogens is 1. The largest absolute Gasteiger partial charge is 0.394 e. The van der Waals surface area contributed by atoms with Crippen molar-refractivity contribution < 1.29 is 25.2 Å². The average molecular weight is 371 g/mol. The predicted molar refractivity (Wildman–Crippen MR) is 92.2 cm³/mol. The van der Waals surface area contributed by atoms with Crippen LogP contribution in [0.2, 0.25) is 0 Å². The number of nitrogens with one attached hydrogen (secondary N) is 3. The fourth-order valence-corrected chi connectivity index (χ4v) is 2.26. The van der Waals surface area contributed by atoms with Crippen molar-refractivity contribution in [2.75, 3.05) is 6.61 Å². The lowest BCUT2D eigenvalue weighted by atomic mass is 9.99. The molecule has 0 saturated carbocycles. The van der Waals surface area contributed by atoms with Crippen LogP contribution >= 0.6 is 12.2 Å². The van der Waals surface area contributed by atoms with Gasteiger partial charge in [0.1, 0.15) is 24.4 Å². The van der Waals surface area contributed by atoms with Gasteiger partial charge in [-0.3, -0.25) is 15.8 Å². The molecule has 0 aromatic carbocycles. The van der Waals surface area contributed by atoms with Crippen LogP contribution < -0.4 is 16.3 Å². The average Bonchev–Trinajstić information content (AvgIpc) is 2.64. The van der Waals surface area contributed by atoms with E-state index in [4.69, 9.17) is 22.1 Å². The fourth-order valence-electron chi connectivity index (χ4n) is 2.15. The Labute approximate surface area is 149 Å². The number of rotatable bonds is 5. The van der Waals surface area contributed by atoms with Crippen LogP contribution in [0.15, 0.2) is 29.5 Å². The van der Waals surface area contributed by atoms with Crippen LogP contribution in [0.3, 0.4) is 0 Å². The van der Waals surface area contributed by atoms with Crippen LogP contribution in [0, 0.1) is 0 Å². The number of ether oxygens (including phenoxy) is 1. The molecule has 0 spiro atoms. The van der Waals surface area contributed by atoms with Gasteiger partial charge in [-0.15, -0.1) is 0 Å². The van der Waals surface area contributed by atoms with Crippen LogP contribution in [0.5, 0.6) is 0 Å². The minimum Gasteiger partial charge on any atom is -0.394 e. The Balaban J connectivity index is 1.85. The molecule has 25 heavy (non-hydrogen) atoms. The van der Waals surface area contributed by atoms with Gasteiger partial charge in [0.15, 0.2) is 6.23 Å². The topological polar surface area (TPSA) is 151 Å². The van der Waals surface area contributed by atoms with Crippen molar-refractivity contribution in [2.24, 2.45) is 5.10 Å². The number of thiocarbonyl (C=S) groups is 1. The minimum absolute atomic E-state index is 0.0761. The van der Waals surface area contributed by atoms with Gasteiger partial charge >= 0.3 is 0 Å². The molecule has 1 aromatic rings. The molecule has 1 aliphatic heterocycles. The molecule has 2 rings (SSSR count). The van der Waals surface area contributed by atoms with Gasteiger partial charge in [0, 0.05) is 6.20 Å². The molecule has 1 saturated heterocycles. The Morgan fingerprint density at radius 1 is 1.28 bits per heavy atom. The van der Waals surface area contributed by atoms with Crippen LogP contribution in [0.25, 0.3) is 0 Å². The Morgan fingerprint density at radius 3 is 2.68 bits per heavy atom. The summed E-state index contributed by atoms with van der Waals surface area (Å²) in [5.74, 6) is 0. The summed E-state index contributed by atoms with van der Waals surface area (Å²) in [6, 6.07) is 5.42. The van der Waals surface area contributed by atoms with E-state index < -0.39 is 37.3 Å².